The summed E-state index contributed by atoms with van der Waals surface area (Å²) >= 11 is 0. The summed E-state index contributed by atoms with van der Waals surface area (Å²) in [5, 5.41) is 0. The van der Waals surface area contributed by atoms with Crippen molar-refractivity contribution in [3.8, 4) is 5.75 Å². The smallest absolute Gasteiger partial charge is 0.294 e. The molecule has 0 saturated carbocycles. The first-order valence-corrected chi connectivity index (χ1v) is 28.6. The molecular weight excluding hydrogens is 925 g/mol. The molecule has 3 heterocycles. The average Bonchev–Trinajstić information content (AvgIpc) is 3.95. The standard InChI is InChI=1S/C52H68N2O11S3/c1-36(2)35-37(3)49-46(65-49)21-12-30-52(6)43-18-8-10-20-45(43)54(32-14-34-67(58,59)60)48(52)29-23-39-16-11-15-38(50(39)64-40-24-26-41(27-25-40)68(61,62)63)22-28-47-51(4,5)42-17-7-9-19-44(42)53(47)31-13-33-66(55,56)57/h7-10,17-20,22,24-29,36-37,39,46,49H,11-16,21,23,30-35H2,1-6H3,(H2-,55,56,57,58,59,60,61,62,63)/b28-22+,48-29+. The van der Waals surface area contributed by atoms with Gasteiger partial charge in [0.25, 0.3) is 20.2 Å². The number of hydrogen-bond acceptors (Lipinski definition) is 10. The van der Waals surface area contributed by atoms with Crippen molar-refractivity contribution in [2.75, 3.05) is 29.5 Å². The van der Waals surface area contributed by atoms with E-state index in [1.54, 1.807) is 0 Å². The van der Waals surface area contributed by atoms with E-state index in [9.17, 15) is 38.9 Å². The number of anilines is 1. The van der Waals surface area contributed by atoms with E-state index in [2.05, 4.69) is 87.4 Å². The zero-order valence-electron chi connectivity index (χ0n) is 40.1. The molecule has 3 aromatic carbocycles. The second-order valence-corrected chi connectivity index (χ2v) is 24.8. The van der Waals surface area contributed by atoms with Crippen molar-refractivity contribution in [2.24, 2.45) is 17.8 Å². The molecule has 0 spiro atoms. The summed E-state index contributed by atoms with van der Waals surface area (Å²) in [4.78, 5) is 1.96. The first kappa shape index (κ1) is 51.7. The van der Waals surface area contributed by atoms with Crippen molar-refractivity contribution in [3.63, 3.8) is 0 Å². The molecule has 0 radical (unpaired) electrons. The third-order valence-corrected chi connectivity index (χ3v) is 16.7. The molecule has 5 atom stereocenters. The van der Waals surface area contributed by atoms with E-state index in [-0.39, 0.29) is 41.6 Å². The average molecular weight is 993 g/mol. The molecule has 7 rings (SSSR count). The largest absolute Gasteiger partial charge is 0.748 e. The van der Waals surface area contributed by atoms with Crippen LogP contribution in [0.15, 0.2) is 113 Å². The van der Waals surface area contributed by atoms with E-state index >= 15 is 0 Å². The predicted octanol–water partition coefficient (Wildman–Crippen LogP) is 9.88. The highest BCUT2D eigenvalue weighted by molar-refractivity contribution is 7.86. The minimum atomic E-state index is -4.44. The molecule has 370 valence electrons. The van der Waals surface area contributed by atoms with E-state index in [0.717, 1.165) is 78.0 Å². The van der Waals surface area contributed by atoms with Crippen LogP contribution in [0.25, 0.3) is 0 Å². The topological polar surface area (TPSA) is 194 Å². The lowest BCUT2D eigenvalue weighted by molar-refractivity contribution is -0.437. The van der Waals surface area contributed by atoms with Gasteiger partial charge in [0.05, 0.1) is 38.4 Å². The molecule has 3 aliphatic heterocycles. The van der Waals surface area contributed by atoms with Gasteiger partial charge in [0.1, 0.15) is 18.1 Å². The van der Waals surface area contributed by atoms with E-state index in [4.69, 9.17) is 9.47 Å². The first-order valence-electron chi connectivity index (χ1n) is 24.0. The van der Waals surface area contributed by atoms with E-state index < -0.39 is 46.9 Å². The fourth-order valence-corrected chi connectivity index (χ4v) is 12.5. The molecule has 2 N–H and O–H groups in total. The molecule has 3 aromatic rings. The summed E-state index contributed by atoms with van der Waals surface area (Å²) in [5.41, 5.74) is 6.24. The van der Waals surface area contributed by atoms with Crippen LogP contribution >= 0.6 is 0 Å². The highest BCUT2D eigenvalue weighted by Gasteiger charge is 2.47. The number of benzene rings is 3. The van der Waals surface area contributed by atoms with Crippen LogP contribution in [0.3, 0.4) is 0 Å². The predicted molar refractivity (Wildman–Crippen MR) is 265 cm³/mol. The van der Waals surface area contributed by atoms with Gasteiger partial charge in [-0.15, -0.1) is 0 Å². The van der Waals surface area contributed by atoms with Gasteiger partial charge in [-0.2, -0.15) is 21.4 Å². The maximum Gasteiger partial charge on any atom is 0.294 e. The van der Waals surface area contributed by atoms with Gasteiger partial charge in [0.2, 0.25) is 5.69 Å². The number of epoxide rings is 1. The van der Waals surface area contributed by atoms with Gasteiger partial charge in [-0.25, -0.2) is 8.42 Å². The van der Waals surface area contributed by atoms with Crippen LogP contribution in [0.2, 0.25) is 0 Å². The van der Waals surface area contributed by atoms with Crippen molar-refractivity contribution >= 4 is 47.4 Å². The highest BCUT2D eigenvalue weighted by Crippen LogP contribution is 2.52. The van der Waals surface area contributed by atoms with Gasteiger partial charge in [0, 0.05) is 59.1 Å². The van der Waals surface area contributed by atoms with Crippen LogP contribution < -0.4 is 9.64 Å². The molecule has 68 heavy (non-hydrogen) atoms. The van der Waals surface area contributed by atoms with Crippen molar-refractivity contribution in [1.29, 1.82) is 0 Å². The van der Waals surface area contributed by atoms with Crippen LogP contribution in [0.4, 0.5) is 11.4 Å². The second-order valence-electron chi connectivity index (χ2n) is 20.3. The Morgan fingerprint density at radius 2 is 1.57 bits per heavy atom. The number of hydrogen-bond donors (Lipinski definition) is 2. The number of allylic oxidation sites excluding steroid dienone is 6. The number of para-hydroxylation sites is 2. The Morgan fingerprint density at radius 1 is 0.882 bits per heavy atom. The van der Waals surface area contributed by atoms with E-state index in [1.807, 2.05) is 30.3 Å². The van der Waals surface area contributed by atoms with Gasteiger partial charge in [-0.3, -0.25) is 9.11 Å². The Labute approximate surface area is 404 Å². The minimum Gasteiger partial charge on any atom is -0.748 e. The molecule has 1 fully saturated rings. The Kier molecular flexibility index (Phi) is 15.7. The normalized spacial score (nSPS) is 23.8. The molecule has 13 nitrogen and oxygen atoms in total. The third kappa shape index (κ3) is 12.2. The van der Waals surface area contributed by atoms with Crippen LogP contribution in [0, 0.1) is 17.8 Å². The molecule has 1 saturated heterocycles. The fraction of sp³-hybridized carbons (Fsp3) is 0.519. The van der Waals surface area contributed by atoms with Gasteiger partial charge < -0.3 is 18.9 Å². The second kappa shape index (κ2) is 20.7. The lowest BCUT2D eigenvalue weighted by Crippen LogP contribution is -2.30. The quantitative estimate of drug-likeness (QED) is 0.0551. The monoisotopic (exact) mass is 992 g/mol. The Morgan fingerprint density at radius 3 is 2.25 bits per heavy atom. The van der Waals surface area contributed by atoms with E-state index in [1.165, 1.54) is 24.3 Å². The number of ether oxygens (including phenoxy) is 2. The number of rotatable bonds is 22. The molecular formula is C52H68N2O11S3. The molecule has 0 aromatic heterocycles. The molecule has 0 bridgehead atoms. The van der Waals surface area contributed by atoms with Crippen molar-refractivity contribution in [3.05, 3.63) is 119 Å². The van der Waals surface area contributed by atoms with E-state index in [0.29, 0.717) is 49.3 Å². The van der Waals surface area contributed by atoms with Gasteiger partial charge in [-0.05, 0) is 138 Å². The lowest BCUT2D eigenvalue weighted by atomic mass is 9.76. The number of nitrogens with zero attached hydrogens (tertiary/aromatic N) is 2. The molecule has 5 unspecified atom stereocenters. The highest BCUT2D eigenvalue weighted by atomic mass is 32.2. The maximum absolute atomic E-state index is 12.0. The third-order valence-electron chi connectivity index (χ3n) is 14.3. The van der Waals surface area contributed by atoms with Crippen molar-refractivity contribution in [2.45, 2.75) is 134 Å². The zero-order chi connectivity index (χ0) is 49.2. The first-order chi connectivity index (χ1) is 32.0. The lowest BCUT2D eigenvalue weighted by Gasteiger charge is -2.32. The van der Waals surface area contributed by atoms with Crippen LogP contribution in [-0.2, 0) is 45.9 Å². The zero-order valence-corrected chi connectivity index (χ0v) is 42.6. The Balaban J connectivity index is 1.26. The molecule has 16 heteroatoms. The van der Waals surface area contributed by atoms with Crippen molar-refractivity contribution < 1.29 is 53.0 Å². The number of fused-ring (bicyclic) bond motifs is 2. The summed E-state index contributed by atoms with van der Waals surface area (Å²) in [6.45, 7) is 14.0. The van der Waals surface area contributed by atoms with Gasteiger partial charge in [-0.1, -0.05) is 63.2 Å². The maximum atomic E-state index is 12.0. The minimum absolute atomic E-state index is 0.134. The molecule has 1 aliphatic carbocycles. The summed E-state index contributed by atoms with van der Waals surface area (Å²) in [7, 11) is -13.0. The van der Waals surface area contributed by atoms with Crippen LogP contribution in [0.1, 0.15) is 117 Å². The summed E-state index contributed by atoms with van der Waals surface area (Å²) < 4.78 is 117. The summed E-state index contributed by atoms with van der Waals surface area (Å²) in [6.07, 6.45) is 14.0. The summed E-state index contributed by atoms with van der Waals surface area (Å²) in [6, 6.07) is 21.9. The summed E-state index contributed by atoms with van der Waals surface area (Å²) in [5.74, 6) is 1.22. The molecule has 4 aliphatic rings. The van der Waals surface area contributed by atoms with Crippen LogP contribution in [0.5, 0.6) is 5.75 Å². The van der Waals surface area contributed by atoms with Crippen LogP contribution in [-0.4, -0.2) is 86.0 Å². The van der Waals surface area contributed by atoms with Gasteiger partial charge >= 0.3 is 0 Å². The van der Waals surface area contributed by atoms with Crippen molar-refractivity contribution in [1.82, 2.24) is 0 Å². The fourth-order valence-electron chi connectivity index (χ4n) is 11.0. The SMILES string of the molecule is CC(C)CC(C)C1OC1CCCC1(C)/C(=C\CC2CCCC(/C=C/C3=[N+](CCCS(=O)(=O)[O-])c4ccccc4C3(C)C)=C2Oc2ccc(S(=O)(=O)O)cc2)N(CCCS(=O)(=O)O)c2ccccc21. The Bertz CT molecular complexity index is 2800. The van der Waals surface area contributed by atoms with Gasteiger partial charge in [0.15, 0.2) is 5.71 Å². The Hall–Kier alpha value is -4.16. The molecule has 0 amide bonds.